The Hall–Kier alpha value is -6.94. The minimum absolute atomic E-state index is 0.787. The second-order valence-corrected chi connectivity index (χ2v) is 14.3. The van der Waals surface area contributed by atoms with E-state index in [1.54, 1.807) is 0 Å². The fourth-order valence-corrected chi connectivity index (χ4v) is 7.51. The van der Waals surface area contributed by atoms with E-state index in [0.29, 0.717) is 0 Å². The molecule has 1 heterocycles. The van der Waals surface area contributed by atoms with Crippen molar-refractivity contribution in [1.82, 2.24) is 0 Å². The number of nitrogens with two attached hydrogens (primary N) is 1. The number of hydrogen-bond donors (Lipinski definition) is 2. The van der Waals surface area contributed by atoms with E-state index in [1.165, 1.54) is 36.5 Å². The lowest BCUT2D eigenvalue weighted by Gasteiger charge is -2.11. The average molecular weight is 741 g/mol. The molecule has 0 radical (unpaired) electrons. The Labute approximate surface area is 334 Å². The van der Waals surface area contributed by atoms with Crippen LogP contribution < -0.4 is 11.1 Å². The number of anilines is 3. The van der Waals surface area contributed by atoms with Gasteiger partial charge in [0, 0.05) is 42.8 Å². The molecule has 8 aromatic carbocycles. The van der Waals surface area contributed by atoms with Crippen molar-refractivity contribution < 1.29 is 0 Å². The van der Waals surface area contributed by atoms with Gasteiger partial charge in [-0.2, -0.15) is 0 Å². The van der Waals surface area contributed by atoms with Crippen molar-refractivity contribution in [2.24, 2.45) is 0 Å². The van der Waals surface area contributed by atoms with Gasteiger partial charge in [-0.3, -0.25) is 0 Å². The fourth-order valence-electron chi connectivity index (χ4n) is 6.41. The first-order valence-electron chi connectivity index (χ1n) is 18.8. The van der Waals surface area contributed by atoms with Crippen LogP contribution in [0.5, 0.6) is 0 Å². The molecule has 3 heteroatoms. The fraction of sp³-hybridized carbons (Fsp3) is 0.0189. The molecule has 0 amide bonds. The van der Waals surface area contributed by atoms with E-state index in [2.05, 4.69) is 181 Å². The first-order chi connectivity index (χ1) is 27.6. The third-order valence-electron chi connectivity index (χ3n) is 9.31. The predicted molar refractivity (Wildman–Crippen MR) is 248 cm³/mol. The van der Waals surface area contributed by atoms with Crippen molar-refractivity contribution >= 4 is 65.4 Å². The lowest BCUT2D eigenvalue weighted by molar-refractivity contribution is 1.53. The molecule has 0 unspecified atom stereocenters. The second-order valence-electron chi connectivity index (χ2n) is 13.2. The van der Waals surface area contributed by atoms with Crippen molar-refractivity contribution in [3.63, 3.8) is 0 Å². The number of nitrogen functional groups attached to an aromatic ring is 1. The van der Waals surface area contributed by atoms with E-state index in [9.17, 15) is 0 Å². The number of fused-ring (bicyclic) bond motifs is 4. The van der Waals surface area contributed by atoms with Crippen LogP contribution in [0.25, 0.3) is 59.3 Å². The zero-order valence-electron chi connectivity index (χ0n) is 31.4. The third-order valence-corrected chi connectivity index (χ3v) is 10.5. The largest absolute Gasteiger partial charge is 0.398 e. The maximum absolute atomic E-state index is 6.25. The number of thiophene rings is 1. The summed E-state index contributed by atoms with van der Waals surface area (Å²) in [5, 5.41) is 8.85. The number of benzene rings is 8. The van der Waals surface area contributed by atoms with Gasteiger partial charge < -0.3 is 11.1 Å². The van der Waals surface area contributed by atoms with Gasteiger partial charge in [0.1, 0.15) is 0 Å². The minimum atomic E-state index is 0.787. The number of hydrogen-bond acceptors (Lipinski definition) is 3. The average Bonchev–Trinajstić information content (AvgIpc) is 3.64. The van der Waals surface area contributed by atoms with Crippen LogP contribution in [0.15, 0.2) is 225 Å². The summed E-state index contributed by atoms with van der Waals surface area (Å²) in [7, 11) is 0. The molecule has 0 saturated heterocycles. The molecule has 0 atom stereocenters. The van der Waals surface area contributed by atoms with E-state index in [4.69, 9.17) is 5.73 Å². The Kier molecular flexibility index (Phi) is 12.6. The van der Waals surface area contributed by atoms with Crippen LogP contribution >= 0.6 is 11.3 Å². The summed E-state index contributed by atoms with van der Waals surface area (Å²) in [6.07, 6.45) is 12.2. The molecule has 3 N–H and O–H groups in total. The number of allylic oxidation sites excluding steroid dienone is 5. The van der Waals surface area contributed by atoms with Gasteiger partial charge >= 0.3 is 0 Å². The van der Waals surface area contributed by atoms with Crippen LogP contribution in [0.4, 0.5) is 17.1 Å². The smallest absolute Gasteiger partial charge is 0.0394 e. The molecule has 2 nitrogen and oxygen atoms in total. The molecular formula is C53H44N2S. The van der Waals surface area contributed by atoms with Gasteiger partial charge in [-0.1, -0.05) is 182 Å². The van der Waals surface area contributed by atoms with Crippen LogP contribution in [-0.2, 0) is 0 Å². The predicted octanol–water partition coefficient (Wildman–Crippen LogP) is 15.4. The highest BCUT2D eigenvalue weighted by Crippen LogP contribution is 2.34. The number of nitrogens with one attached hydrogen (secondary N) is 1. The van der Waals surface area contributed by atoms with E-state index in [0.717, 1.165) is 39.3 Å². The van der Waals surface area contributed by atoms with Gasteiger partial charge in [0.25, 0.3) is 0 Å². The molecule has 56 heavy (non-hydrogen) atoms. The highest BCUT2D eigenvalue weighted by Gasteiger charge is 2.06. The van der Waals surface area contributed by atoms with Crippen LogP contribution in [0.2, 0.25) is 0 Å². The van der Waals surface area contributed by atoms with Crippen LogP contribution in [0, 0.1) is 0 Å². The summed E-state index contributed by atoms with van der Waals surface area (Å²) >= 11 is 1.86. The standard InChI is InChI=1S/C31H28N2.C12H8S.C10H8/c1-2-3-4-5-7-10-24-13-18-28(19-14-24)33-29-20-15-25(16-21-29)27-17-22-31(32)30(23-27)26-11-8-6-9-12-26;1-3-7-11-9(5-1)10-6-2-4-8-12(10)13-11;1-2-6-10-8-4-3-7-9(10)5-1/h2-23,33H,32H2,1H3;1-8H;1-8H/b3-2-,5-4-,10-7+;;. The first-order valence-corrected chi connectivity index (χ1v) is 19.6. The first kappa shape index (κ1) is 37.4. The van der Waals surface area contributed by atoms with Gasteiger partial charge in [0.2, 0.25) is 0 Å². The van der Waals surface area contributed by atoms with Gasteiger partial charge in [-0.15, -0.1) is 11.3 Å². The molecule has 0 aliphatic carbocycles. The molecule has 9 aromatic rings. The zero-order valence-corrected chi connectivity index (χ0v) is 32.2. The minimum Gasteiger partial charge on any atom is -0.398 e. The van der Waals surface area contributed by atoms with Crippen molar-refractivity contribution in [1.29, 1.82) is 0 Å². The van der Waals surface area contributed by atoms with E-state index < -0.39 is 0 Å². The van der Waals surface area contributed by atoms with Crippen molar-refractivity contribution in [3.05, 3.63) is 230 Å². The van der Waals surface area contributed by atoms with E-state index >= 15 is 0 Å². The lowest BCUT2D eigenvalue weighted by atomic mass is 9.97. The van der Waals surface area contributed by atoms with Gasteiger partial charge in [-0.25, -0.2) is 0 Å². The summed E-state index contributed by atoms with van der Waals surface area (Å²) in [6, 6.07) is 67.2. The SMILES string of the molecule is C\C=C/C=C\C=C\c1ccc(Nc2ccc(-c3ccc(N)c(-c4ccccc4)c3)cc2)cc1.c1ccc2c(c1)sc1ccccc12.c1ccc2ccccc2c1. The normalized spacial score (nSPS) is 11.2. The Bertz CT molecular complexity index is 2600. The summed E-state index contributed by atoms with van der Waals surface area (Å²) in [4.78, 5) is 0. The Morgan fingerprint density at radius 3 is 1.54 bits per heavy atom. The maximum atomic E-state index is 6.25. The molecular weight excluding hydrogens is 697 g/mol. The van der Waals surface area contributed by atoms with Gasteiger partial charge in [0.15, 0.2) is 0 Å². The highest BCUT2D eigenvalue weighted by molar-refractivity contribution is 7.25. The molecule has 1 aromatic heterocycles. The topological polar surface area (TPSA) is 38.0 Å². The Morgan fingerprint density at radius 2 is 0.946 bits per heavy atom. The third kappa shape index (κ3) is 9.78. The highest BCUT2D eigenvalue weighted by atomic mass is 32.1. The Morgan fingerprint density at radius 1 is 0.446 bits per heavy atom. The number of rotatable bonds is 7. The quantitative estimate of drug-likeness (QED) is 0.126. The van der Waals surface area contributed by atoms with Crippen molar-refractivity contribution in [2.45, 2.75) is 6.92 Å². The summed E-state index contributed by atoms with van der Waals surface area (Å²) in [6.45, 7) is 2.01. The van der Waals surface area contributed by atoms with E-state index in [1.807, 2.05) is 72.9 Å². The molecule has 0 saturated carbocycles. The van der Waals surface area contributed by atoms with Gasteiger partial charge in [-0.05, 0) is 88.5 Å². The lowest BCUT2D eigenvalue weighted by Crippen LogP contribution is -1.92. The summed E-state index contributed by atoms with van der Waals surface area (Å²) in [5.41, 5.74) is 14.8. The van der Waals surface area contributed by atoms with Crippen LogP contribution in [0.3, 0.4) is 0 Å². The van der Waals surface area contributed by atoms with Gasteiger partial charge in [0.05, 0.1) is 0 Å². The van der Waals surface area contributed by atoms with E-state index in [-0.39, 0.29) is 0 Å². The molecule has 9 rings (SSSR count). The van der Waals surface area contributed by atoms with Crippen LogP contribution in [0.1, 0.15) is 12.5 Å². The Balaban J connectivity index is 0.000000167. The molecule has 272 valence electrons. The summed E-state index contributed by atoms with van der Waals surface area (Å²) < 4.78 is 2.76. The molecule has 0 aliphatic rings. The molecule has 0 spiro atoms. The maximum Gasteiger partial charge on any atom is 0.0394 e. The second kappa shape index (κ2) is 18.9. The zero-order chi connectivity index (χ0) is 38.4. The van der Waals surface area contributed by atoms with Crippen molar-refractivity contribution in [2.75, 3.05) is 11.1 Å². The molecule has 0 aliphatic heterocycles. The molecule has 0 fully saturated rings. The van der Waals surface area contributed by atoms with Crippen LogP contribution in [-0.4, -0.2) is 0 Å². The monoisotopic (exact) mass is 740 g/mol. The molecule has 0 bridgehead atoms. The summed E-state index contributed by atoms with van der Waals surface area (Å²) in [5.74, 6) is 0. The van der Waals surface area contributed by atoms with Crippen molar-refractivity contribution in [3.8, 4) is 22.3 Å².